The highest BCUT2D eigenvalue weighted by molar-refractivity contribution is 6.78. The number of hydrogen-bond acceptors (Lipinski definition) is 7. The molecule has 2 amide bonds. The first-order valence-corrected chi connectivity index (χ1v) is 16.9. The Hall–Kier alpha value is -3.76. The lowest BCUT2D eigenvalue weighted by molar-refractivity contribution is 0.0559. The van der Waals surface area contributed by atoms with Crippen LogP contribution in [0.25, 0.3) is 5.57 Å². The number of anilines is 1. The van der Waals surface area contributed by atoms with Crippen molar-refractivity contribution in [2.75, 3.05) is 25.7 Å². The lowest BCUT2D eigenvalue weighted by Crippen LogP contribution is -2.51. The van der Waals surface area contributed by atoms with E-state index in [2.05, 4.69) is 48.1 Å². The highest BCUT2D eigenvalue weighted by atomic mass is 28.4. The third-order valence-corrected chi connectivity index (χ3v) is 14.7. The number of carbonyl (C=O) groups excluding carboxylic acids is 2. The Morgan fingerprint density at radius 3 is 2.19 bits per heavy atom. The molecule has 9 nitrogen and oxygen atoms in total. The molecule has 232 valence electrons. The molecule has 0 saturated heterocycles. The van der Waals surface area contributed by atoms with E-state index in [1.165, 1.54) is 18.1 Å². The molecule has 0 bridgehead atoms. The summed E-state index contributed by atoms with van der Waals surface area (Å²) in [4.78, 5) is 30.4. The maximum atomic E-state index is 14.2. The smallest absolute Gasteiger partial charge is 0.416 e. The standard InChI is InChI=1S/C33H44N2O7Si/c1-10-15-41-33(38)35-27-18-30(42-43(20(2)3,21(4)5)22(6)7)29(40-9)17-26(27)31(36)34-19-24(16-28(34)32(35)37)23-11-13-25(39-8)14-12-23/h10-14,17-22,28,32,37H,1,15-16H2,2-9H3/t28-,32?/m0/s1. The van der Waals surface area contributed by atoms with Crippen LogP contribution in [0, 0.1) is 0 Å². The van der Waals surface area contributed by atoms with E-state index in [-0.39, 0.29) is 40.4 Å². The minimum Gasteiger partial charge on any atom is -0.540 e. The summed E-state index contributed by atoms with van der Waals surface area (Å²) in [5.41, 5.74) is 2.93. The lowest BCUT2D eigenvalue weighted by atomic mass is 10.0. The summed E-state index contributed by atoms with van der Waals surface area (Å²) in [7, 11) is 0.672. The Balaban J connectivity index is 1.88. The van der Waals surface area contributed by atoms with E-state index in [9.17, 15) is 14.7 Å². The van der Waals surface area contributed by atoms with Crippen LogP contribution in [-0.4, -0.2) is 63.4 Å². The van der Waals surface area contributed by atoms with Crippen LogP contribution in [0.1, 0.15) is 63.9 Å². The number of carbonyl (C=O) groups is 2. The van der Waals surface area contributed by atoms with Crippen molar-refractivity contribution in [2.24, 2.45) is 0 Å². The Kier molecular flexibility index (Phi) is 9.61. The monoisotopic (exact) mass is 608 g/mol. The topological polar surface area (TPSA) is 97.8 Å². The van der Waals surface area contributed by atoms with Gasteiger partial charge in [0.05, 0.1) is 31.5 Å². The fraction of sp³-hybridized carbons (Fsp3) is 0.455. The Morgan fingerprint density at radius 2 is 1.65 bits per heavy atom. The maximum Gasteiger partial charge on any atom is 0.416 e. The van der Waals surface area contributed by atoms with Gasteiger partial charge in [0, 0.05) is 12.3 Å². The molecule has 1 N–H and O–H groups in total. The van der Waals surface area contributed by atoms with E-state index >= 15 is 0 Å². The number of amides is 2. The number of rotatable bonds is 10. The second kappa shape index (κ2) is 12.8. The third-order valence-electron chi connectivity index (χ3n) is 8.67. The van der Waals surface area contributed by atoms with Gasteiger partial charge in [0.2, 0.25) is 0 Å². The van der Waals surface area contributed by atoms with E-state index < -0.39 is 26.7 Å². The molecule has 2 aliphatic heterocycles. The van der Waals surface area contributed by atoms with Gasteiger partial charge >= 0.3 is 6.09 Å². The van der Waals surface area contributed by atoms with E-state index in [1.807, 2.05) is 24.3 Å². The summed E-state index contributed by atoms with van der Waals surface area (Å²) >= 11 is 0. The van der Waals surface area contributed by atoms with Crippen molar-refractivity contribution in [3.05, 3.63) is 66.4 Å². The van der Waals surface area contributed by atoms with Gasteiger partial charge in [-0.05, 0) is 52.4 Å². The summed E-state index contributed by atoms with van der Waals surface area (Å²) in [5.74, 6) is 1.16. The van der Waals surface area contributed by atoms with Gasteiger partial charge in [0.25, 0.3) is 14.2 Å². The van der Waals surface area contributed by atoms with Crippen molar-refractivity contribution in [3.8, 4) is 17.2 Å². The average molecular weight is 609 g/mol. The second-order valence-electron chi connectivity index (χ2n) is 12.0. The van der Waals surface area contributed by atoms with Gasteiger partial charge in [-0.2, -0.15) is 0 Å². The molecular formula is C33H44N2O7Si. The molecular weight excluding hydrogens is 564 g/mol. The number of benzene rings is 2. The van der Waals surface area contributed by atoms with Crippen LogP contribution < -0.4 is 18.8 Å². The second-order valence-corrected chi connectivity index (χ2v) is 17.3. The van der Waals surface area contributed by atoms with Crippen LogP contribution in [0.3, 0.4) is 0 Å². The Labute approximate surface area is 255 Å². The van der Waals surface area contributed by atoms with Crippen LogP contribution in [-0.2, 0) is 4.74 Å². The minimum absolute atomic E-state index is 0.0569. The van der Waals surface area contributed by atoms with Crippen molar-refractivity contribution < 1.29 is 33.3 Å². The molecule has 0 saturated carbocycles. The van der Waals surface area contributed by atoms with Crippen molar-refractivity contribution in [3.63, 3.8) is 0 Å². The number of fused-ring (bicyclic) bond motifs is 2. The molecule has 0 spiro atoms. The number of aliphatic hydroxyl groups is 1. The van der Waals surface area contributed by atoms with Crippen molar-refractivity contribution in [1.29, 1.82) is 0 Å². The number of ether oxygens (including phenoxy) is 3. The van der Waals surface area contributed by atoms with Gasteiger partial charge in [-0.15, -0.1) is 0 Å². The highest BCUT2D eigenvalue weighted by Gasteiger charge is 2.49. The predicted octanol–water partition coefficient (Wildman–Crippen LogP) is 6.97. The van der Waals surface area contributed by atoms with Crippen molar-refractivity contribution >= 4 is 31.6 Å². The molecule has 10 heteroatoms. The first-order valence-electron chi connectivity index (χ1n) is 14.7. The van der Waals surface area contributed by atoms with E-state index in [1.54, 1.807) is 25.4 Å². The minimum atomic E-state index is -2.46. The number of methoxy groups -OCH3 is 2. The van der Waals surface area contributed by atoms with E-state index in [0.717, 1.165) is 16.0 Å². The largest absolute Gasteiger partial charge is 0.540 e. The molecule has 4 rings (SSSR count). The number of nitrogens with zero attached hydrogens (tertiary/aromatic N) is 2. The summed E-state index contributed by atoms with van der Waals surface area (Å²) in [6.45, 7) is 16.6. The summed E-state index contributed by atoms with van der Waals surface area (Å²) < 4.78 is 23.5. The molecule has 43 heavy (non-hydrogen) atoms. The number of aliphatic hydroxyl groups excluding tert-OH is 1. The maximum absolute atomic E-state index is 14.2. The van der Waals surface area contributed by atoms with E-state index in [0.29, 0.717) is 23.7 Å². The summed E-state index contributed by atoms with van der Waals surface area (Å²) in [5, 5.41) is 11.8. The van der Waals surface area contributed by atoms with Crippen LogP contribution in [0.4, 0.5) is 10.5 Å². The normalized spacial score (nSPS) is 18.3. The first-order chi connectivity index (χ1) is 20.4. The van der Waals surface area contributed by atoms with Crippen LogP contribution in [0.15, 0.2) is 55.3 Å². The molecule has 0 fully saturated rings. The molecule has 0 radical (unpaired) electrons. The Bertz CT molecular complexity index is 1360. The van der Waals surface area contributed by atoms with E-state index in [4.69, 9.17) is 18.6 Å². The fourth-order valence-corrected chi connectivity index (χ4v) is 11.9. The molecule has 1 unspecified atom stereocenters. The molecule has 2 atom stereocenters. The molecule has 2 aliphatic rings. The van der Waals surface area contributed by atoms with Crippen LogP contribution in [0.2, 0.25) is 16.6 Å². The lowest BCUT2D eigenvalue weighted by Gasteiger charge is -2.42. The van der Waals surface area contributed by atoms with Gasteiger partial charge in [-0.3, -0.25) is 4.79 Å². The number of hydrogen-bond donors (Lipinski definition) is 1. The third kappa shape index (κ3) is 5.78. The molecule has 2 aromatic carbocycles. The summed E-state index contributed by atoms with van der Waals surface area (Å²) in [6.07, 6.45) is 1.32. The van der Waals surface area contributed by atoms with Gasteiger partial charge < -0.3 is 28.6 Å². The Morgan fingerprint density at radius 1 is 1.02 bits per heavy atom. The van der Waals surface area contributed by atoms with Crippen molar-refractivity contribution in [2.45, 2.75) is 76.9 Å². The molecule has 0 aromatic heterocycles. The average Bonchev–Trinajstić information content (AvgIpc) is 3.40. The zero-order chi connectivity index (χ0) is 31.6. The molecule has 2 heterocycles. The highest BCUT2D eigenvalue weighted by Crippen LogP contribution is 2.48. The first kappa shape index (κ1) is 32.2. The van der Waals surface area contributed by atoms with Crippen molar-refractivity contribution in [1.82, 2.24) is 4.90 Å². The predicted molar refractivity (Wildman–Crippen MR) is 170 cm³/mol. The van der Waals surface area contributed by atoms with Gasteiger partial charge in [-0.25, -0.2) is 9.69 Å². The zero-order valence-corrected chi connectivity index (χ0v) is 27.4. The molecule has 2 aromatic rings. The van der Waals surface area contributed by atoms with Crippen LogP contribution >= 0.6 is 0 Å². The zero-order valence-electron chi connectivity index (χ0n) is 26.4. The fourth-order valence-electron chi connectivity index (χ4n) is 6.66. The SMILES string of the molecule is C=CCOC(=O)N1c2cc(O[Si](C(C)C)(C(C)C)C(C)C)c(OC)cc2C(=O)N2C=C(c3ccc(OC)cc3)C[C@H]2C1O. The van der Waals surface area contributed by atoms with Gasteiger partial charge in [-0.1, -0.05) is 66.3 Å². The summed E-state index contributed by atoms with van der Waals surface area (Å²) in [6, 6.07) is 9.99. The quantitative estimate of drug-likeness (QED) is 0.230. The molecule has 0 aliphatic carbocycles. The van der Waals surface area contributed by atoms with Gasteiger partial charge in [0.1, 0.15) is 18.1 Å². The van der Waals surface area contributed by atoms with Crippen LogP contribution in [0.5, 0.6) is 17.2 Å². The van der Waals surface area contributed by atoms with Gasteiger partial charge in [0.15, 0.2) is 12.0 Å².